The van der Waals surface area contributed by atoms with Crippen molar-refractivity contribution >= 4 is 52.3 Å². The van der Waals surface area contributed by atoms with Crippen molar-refractivity contribution in [1.82, 2.24) is 4.98 Å². The molecule has 1 saturated carbocycles. The average Bonchev–Trinajstić information content (AvgIpc) is 3.68. The first kappa shape index (κ1) is 26.9. The van der Waals surface area contributed by atoms with Crippen molar-refractivity contribution in [2.75, 3.05) is 24.5 Å². The summed E-state index contributed by atoms with van der Waals surface area (Å²) in [5.74, 6) is 0.0297. The van der Waals surface area contributed by atoms with Crippen molar-refractivity contribution in [3.8, 4) is 0 Å². The molecule has 0 amide bonds. The van der Waals surface area contributed by atoms with E-state index in [1.54, 1.807) is 0 Å². The molecule has 204 valence electrons. The first-order valence-electron chi connectivity index (χ1n) is 13.1. The van der Waals surface area contributed by atoms with Crippen molar-refractivity contribution in [2.45, 2.75) is 31.2 Å². The molecule has 3 heterocycles. The number of nitroso groups, excluding NO2 is 1. The van der Waals surface area contributed by atoms with Crippen molar-refractivity contribution in [3.63, 3.8) is 0 Å². The lowest BCUT2D eigenvalue weighted by Gasteiger charge is -2.46. The van der Waals surface area contributed by atoms with Gasteiger partial charge in [0.25, 0.3) is 0 Å². The Hall–Kier alpha value is -3.26. The third-order valence-corrected chi connectivity index (χ3v) is 8.89. The molecule has 2 aliphatic heterocycles. The van der Waals surface area contributed by atoms with Crippen LogP contribution >= 0.6 is 34.8 Å². The number of rotatable bonds is 9. The molecule has 1 aliphatic carbocycles. The highest BCUT2D eigenvalue weighted by Crippen LogP contribution is 2.44. The number of aryl methyl sites for hydroxylation is 1. The number of carboxylic acid groups (broad SMARTS) is 1. The maximum Gasteiger partial charge on any atom is 0.335 e. The molecule has 2 aromatic carbocycles. The molecule has 0 bridgehead atoms. The van der Waals surface area contributed by atoms with E-state index >= 15 is 0 Å². The highest BCUT2D eigenvalue weighted by atomic mass is 35.5. The van der Waals surface area contributed by atoms with Crippen LogP contribution in [0, 0.1) is 10.8 Å². The fraction of sp³-hybridized carbons (Fsp3) is 0.300. The van der Waals surface area contributed by atoms with Gasteiger partial charge in [-0.25, -0.2) is 9.78 Å². The fourth-order valence-electron chi connectivity index (χ4n) is 5.66. The Morgan fingerprint density at radius 2 is 1.77 bits per heavy atom. The minimum Gasteiger partial charge on any atom is -0.478 e. The Labute approximate surface area is 246 Å². The molecule has 0 spiro atoms. The zero-order chi connectivity index (χ0) is 28.0. The summed E-state index contributed by atoms with van der Waals surface area (Å²) in [7, 11) is 0. The number of carboxylic acids is 1. The Morgan fingerprint density at radius 3 is 2.42 bits per heavy atom. The molecule has 1 N–H and O–H groups in total. The molecule has 0 unspecified atom stereocenters. The van der Waals surface area contributed by atoms with E-state index in [1.807, 2.05) is 41.3 Å². The van der Waals surface area contributed by atoms with E-state index in [4.69, 9.17) is 39.8 Å². The van der Waals surface area contributed by atoms with E-state index in [9.17, 15) is 14.8 Å². The van der Waals surface area contributed by atoms with Crippen LogP contribution in [-0.2, 0) is 12.0 Å². The van der Waals surface area contributed by atoms with Gasteiger partial charge in [-0.05, 0) is 78.6 Å². The van der Waals surface area contributed by atoms with Crippen LogP contribution in [-0.4, -0.2) is 41.4 Å². The smallest absolute Gasteiger partial charge is 0.335 e. The number of hydrogen-bond acceptors (Lipinski definition) is 6. The second-order valence-electron chi connectivity index (χ2n) is 10.5. The Bertz CT molecular complexity index is 1570. The lowest BCUT2D eigenvalue weighted by Crippen LogP contribution is -2.58. The van der Waals surface area contributed by atoms with Gasteiger partial charge < -0.3 is 10.0 Å². The molecule has 0 atom stereocenters. The number of hydrogen-bond donors (Lipinski definition) is 1. The van der Waals surface area contributed by atoms with Crippen LogP contribution in [0.15, 0.2) is 76.0 Å². The van der Waals surface area contributed by atoms with Crippen LogP contribution in [0.1, 0.15) is 46.3 Å². The summed E-state index contributed by atoms with van der Waals surface area (Å²) in [6.45, 7) is 1.22. The highest BCUT2D eigenvalue weighted by molar-refractivity contribution is 6.41. The van der Waals surface area contributed by atoms with E-state index in [-0.39, 0.29) is 18.7 Å². The zero-order valence-electron chi connectivity index (χ0n) is 21.4. The molecule has 0 radical (unpaired) electrons. The summed E-state index contributed by atoms with van der Waals surface area (Å²) in [5.41, 5.74) is 5.09. The van der Waals surface area contributed by atoms with Gasteiger partial charge in [0.15, 0.2) is 5.54 Å². The molecular weight excluding hydrogens is 571 g/mol. The average molecular weight is 596 g/mol. The first-order chi connectivity index (χ1) is 19.3. The minimum atomic E-state index is -1.03. The van der Waals surface area contributed by atoms with E-state index in [0.29, 0.717) is 38.9 Å². The lowest BCUT2D eigenvalue weighted by atomic mass is 9.82. The molecule has 1 saturated heterocycles. The SMILES string of the molecule is O=NC1(c2ccc(CCC3=C(C4CC4)CN=C3c3c(Cl)cccc3Cl)cc2Cl)CN(c2cc(C(=O)O)ccn2)C1. The number of carbonyl (C=O) groups is 1. The highest BCUT2D eigenvalue weighted by Gasteiger charge is 2.48. The molecule has 2 fully saturated rings. The van der Waals surface area contributed by atoms with Crippen LogP contribution in [0.2, 0.25) is 15.1 Å². The van der Waals surface area contributed by atoms with Gasteiger partial charge in [-0.15, -0.1) is 4.91 Å². The summed E-state index contributed by atoms with van der Waals surface area (Å²) in [5, 5.41) is 14.4. The molecule has 7 nitrogen and oxygen atoms in total. The third-order valence-electron chi connectivity index (χ3n) is 7.95. The Balaban J connectivity index is 1.19. The molecule has 3 aromatic rings. The summed E-state index contributed by atoms with van der Waals surface area (Å²) in [4.78, 5) is 34.3. The third kappa shape index (κ3) is 4.91. The standard InChI is InChI=1S/C30H25Cl3N4O3/c31-23-2-1-3-24(32)27(23)28-20(21(14-35-28)18-6-7-18)8-4-17-5-9-22(25(33)12-17)30(36-40)15-37(16-30)26-13-19(29(38)39)10-11-34-26/h1-3,5,9-13,18H,4,6-8,14-16H2,(H,38,39). The second kappa shape index (κ2) is 10.6. The van der Waals surface area contributed by atoms with E-state index in [1.165, 1.54) is 42.3 Å². The quantitative estimate of drug-likeness (QED) is 0.261. The summed E-state index contributed by atoms with van der Waals surface area (Å²) < 4.78 is 0. The van der Waals surface area contributed by atoms with Gasteiger partial charge in [0, 0.05) is 22.3 Å². The van der Waals surface area contributed by atoms with Gasteiger partial charge >= 0.3 is 5.97 Å². The lowest BCUT2D eigenvalue weighted by molar-refractivity contribution is 0.0696. The number of benzene rings is 2. The number of anilines is 1. The first-order valence-corrected chi connectivity index (χ1v) is 14.2. The van der Waals surface area contributed by atoms with Crippen molar-refractivity contribution in [2.24, 2.45) is 16.1 Å². The predicted octanol–water partition coefficient (Wildman–Crippen LogP) is 7.36. The summed E-state index contributed by atoms with van der Waals surface area (Å²) in [6.07, 6.45) is 5.34. The van der Waals surface area contributed by atoms with Gasteiger partial charge in [0.05, 0.1) is 41.0 Å². The number of pyridine rings is 1. The molecule has 1 aromatic heterocycles. The van der Waals surface area contributed by atoms with Crippen LogP contribution < -0.4 is 4.90 Å². The second-order valence-corrected chi connectivity index (χ2v) is 11.8. The Morgan fingerprint density at radius 1 is 1.02 bits per heavy atom. The van der Waals surface area contributed by atoms with Crippen LogP contribution in [0.3, 0.4) is 0 Å². The van der Waals surface area contributed by atoms with Gasteiger partial charge in [-0.3, -0.25) is 4.99 Å². The van der Waals surface area contributed by atoms with Crippen LogP contribution in [0.5, 0.6) is 0 Å². The Kier molecular flexibility index (Phi) is 7.15. The van der Waals surface area contributed by atoms with Gasteiger partial charge in [-0.1, -0.05) is 58.2 Å². The van der Waals surface area contributed by atoms with Crippen molar-refractivity contribution in [1.29, 1.82) is 0 Å². The van der Waals surface area contributed by atoms with Gasteiger partial charge in [-0.2, -0.15) is 0 Å². The molecule has 40 heavy (non-hydrogen) atoms. The summed E-state index contributed by atoms with van der Waals surface area (Å²) in [6, 6.07) is 14.2. The van der Waals surface area contributed by atoms with Crippen molar-refractivity contribution in [3.05, 3.63) is 108 Å². The normalized spacial score (nSPS) is 18.0. The maximum atomic E-state index is 12.0. The molecular formula is C30H25Cl3N4O3. The largest absolute Gasteiger partial charge is 0.478 e. The number of aromatic carboxylic acids is 1. The topological polar surface area (TPSA) is 95.2 Å². The molecule has 10 heteroatoms. The molecule has 3 aliphatic rings. The minimum absolute atomic E-state index is 0.135. The van der Waals surface area contributed by atoms with E-state index in [2.05, 4.69) is 10.2 Å². The van der Waals surface area contributed by atoms with Gasteiger partial charge in [0.2, 0.25) is 0 Å². The van der Waals surface area contributed by atoms with Crippen LogP contribution in [0.4, 0.5) is 5.82 Å². The number of aromatic nitrogens is 1. The molecule has 6 rings (SSSR count). The number of allylic oxidation sites excluding steroid dienone is 1. The summed E-state index contributed by atoms with van der Waals surface area (Å²) >= 11 is 19.8. The monoisotopic (exact) mass is 594 g/mol. The van der Waals surface area contributed by atoms with Crippen LogP contribution in [0.25, 0.3) is 0 Å². The maximum absolute atomic E-state index is 12.0. The number of aliphatic imine (C=N–C) groups is 1. The van der Waals surface area contributed by atoms with Gasteiger partial charge in [0.1, 0.15) is 5.82 Å². The number of halogens is 3. The zero-order valence-corrected chi connectivity index (χ0v) is 23.7. The van der Waals surface area contributed by atoms with E-state index < -0.39 is 11.5 Å². The van der Waals surface area contributed by atoms with Crippen molar-refractivity contribution < 1.29 is 9.90 Å². The predicted molar refractivity (Wildman–Crippen MR) is 158 cm³/mol. The number of nitrogens with zero attached hydrogens (tertiary/aromatic N) is 4. The fourth-order valence-corrected chi connectivity index (χ4v) is 6.61. The van der Waals surface area contributed by atoms with E-state index in [0.717, 1.165) is 29.7 Å².